The molecule has 186 valence electrons. The van der Waals surface area contributed by atoms with E-state index in [1.807, 2.05) is 44.2 Å². The number of unbranched alkanes of at least 4 members (excludes halogenated alkanes) is 1. The SMILES string of the molecule is CCCCNC(=O)[C@@H](CC)N(Cc1ccccc1)C(=O)CN(c1cccc(Cl)c1Cl)S(C)(=O)=O. The molecule has 34 heavy (non-hydrogen) atoms. The molecule has 0 bridgehead atoms. The van der Waals surface area contributed by atoms with Crippen LogP contribution in [0.4, 0.5) is 5.69 Å². The Hall–Kier alpha value is -2.29. The molecule has 0 aliphatic heterocycles. The molecule has 0 aromatic heterocycles. The third kappa shape index (κ3) is 7.61. The summed E-state index contributed by atoms with van der Waals surface area (Å²) in [6.07, 6.45) is 3.11. The number of amides is 2. The van der Waals surface area contributed by atoms with Crippen molar-refractivity contribution in [3.8, 4) is 0 Å². The first kappa shape index (κ1) is 28.0. The van der Waals surface area contributed by atoms with Gasteiger partial charge in [-0.2, -0.15) is 0 Å². The molecule has 1 N–H and O–H groups in total. The van der Waals surface area contributed by atoms with Gasteiger partial charge in [0.05, 0.1) is 22.0 Å². The summed E-state index contributed by atoms with van der Waals surface area (Å²) in [5.74, 6) is -0.797. The standard InChI is InChI=1S/C24H31Cl2N3O4S/c1-4-6-15-27-24(31)20(5-2)28(16-18-11-8-7-9-12-18)22(30)17-29(34(3,32)33)21-14-10-13-19(25)23(21)26/h7-14,20H,4-6,15-17H2,1-3H3,(H,27,31)/t20-/m1/s1. The van der Waals surface area contributed by atoms with E-state index in [4.69, 9.17) is 23.2 Å². The average molecular weight is 529 g/mol. The second-order valence-electron chi connectivity index (χ2n) is 7.92. The maximum absolute atomic E-state index is 13.6. The van der Waals surface area contributed by atoms with E-state index in [2.05, 4.69) is 5.32 Å². The van der Waals surface area contributed by atoms with E-state index in [9.17, 15) is 18.0 Å². The molecule has 0 aliphatic carbocycles. The van der Waals surface area contributed by atoms with Crippen LogP contribution in [-0.4, -0.2) is 50.5 Å². The summed E-state index contributed by atoms with van der Waals surface area (Å²) in [5.41, 5.74) is 0.924. The lowest BCUT2D eigenvalue weighted by atomic mass is 10.1. The van der Waals surface area contributed by atoms with Crippen LogP contribution in [0, 0.1) is 0 Å². The number of carbonyl (C=O) groups excluding carboxylic acids is 2. The fourth-order valence-corrected chi connectivity index (χ4v) is 4.79. The van der Waals surface area contributed by atoms with Gasteiger partial charge in [0.25, 0.3) is 0 Å². The molecule has 0 fully saturated rings. The lowest BCUT2D eigenvalue weighted by Crippen LogP contribution is -2.52. The molecule has 2 aromatic rings. The molecule has 0 saturated heterocycles. The Kier molecular flexibility index (Phi) is 10.7. The molecule has 0 aliphatic rings. The Morgan fingerprint density at radius 1 is 1.03 bits per heavy atom. The highest BCUT2D eigenvalue weighted by molar-refractivity contribution is 7.92. The zero-order valence-corrected chi connectivity index (χ0v) is 22.0. The van der Waals surface area contributed by atoms with E-state index in [-0.39, 0.29) is 28.2 Å². The van der Waals surface area contributed by atoms with E-state index in [1.54, 1.807) is 6.07 Å². The Labute approximate surface area is 212 Å². The average Bonchev–Trinajstić information content (AvgIpc) is 2.79. The molecule has 0 heterocycles. The molecular formula is C24H31Cl2N3O4S. The number of hydrogen-bond acceptors (Lipinski definition) is 4. The van der Waals surface area contributed by atoms with Crippen LogP contribution < -0.4 is 9.62 Å². The molecule has 2 rings (SSSR count). The first-order valence-electron chi connectivity index (χ1n) is 11.1. The molecule has 10 heteroatoms. The monoisotopic (exact) mass is 527 g/mol. The molecule has 0 radical (unpaired) electrons. The number of nitrogens with zero attached hydrogens (tertiary/aromatic N) is 2. The summed E-state index contributed by atoms with van der Waals surface area (Å²) in [6.45, 7) is 3.98. The van der Waals surface area contributed by atoms with Crippen LogP contribution in [0.3, 0.4) is 0 Å². The van der Waals surface area contributed by atoms with Gasteiger partial charge in [-0.05, 0) is 30.5 Å². The van der Waals surface area contributed by atoms with Gasteiger partial charge in [0.15, 0.2) is 0 Å². The van der Waals surface area contributed by atoms with Gasteiger partial charge < -0.3 is 10.2 Å². The van der Waals surface area contributed by atoms with Crippen LogP contribution in [0.5, 0.6) is 0 Å². The van der Waals surface area contributed by atoms with Crippen LogP contribution in [0.2, 0.25) is 10.0 Å². The predicted octanol–water partition coefficient (Wildman–Crippen LogP) is 4.48. The van der Waals surface area contributed by atoms with Crippen molar-refractivity contribution in [2.75, 3.05) is 23.7 Å². The molecule has 2 aromatic carbocycles. The van der Waals surface area contributed by atoms with Gasteiger partial charge in [-0.15, -0.1) is 0 Å². The van der Waals surface area contributed by atoms with Crippen molar-refractivity contribution < 1.29 is 18.0 Å². The number of hydrogen-bond donors (Lipinski definition) is 1. The van der Waals surface area contributed by atoms with Gasteiger partial charge in [-0.3, -0.25) is 13.9 Å². The predicted molar refractivity (Wildman–Crippen MR) is 138 cm³/mol. The van der Waals surface area contributed by atoms with Crippen molar-refractivity contribution in [1.82, 2.24) is 10.2 Å². The summed E-state index contributed by atoms with van der Waals surface area (Å²) in [6, 6.07) is 13.1. The zero-order valence-electron chi connectivity index (χ0n) is 19.6. The smallest absolute Gasteiger partial charge is 0.244 e. The molecule has 0 unspecified atom stereocenters. The van der Waals surface area contributed by atoms with Crippen molar-refractivity contribution in [1.29, 1.82) is 0 Å². The maximum Gasteiger partial charge on any atom is 0.244 e. The van der Waals surface area contributed by atoms with Crippen LogP contribution in [0.25, 0.3) is 0 Å². The van der Waals surface area contributed by atoms with E-state index in [0.717, 1.165) is 29.0 Å². The topological polar surface area (TPSA) is 86.8 Å². The third-order valence-corrected chi connectivity index (χ3v) is 7.23. The molecule has 0 spiro atoms. The molecular weight excluding hydrogens is 497 g/mol. The number of nitrogens with one attached hydrogen (secondary N) is 1. The fraction of sp³-hybridized carbons (Fsp3) is 0.417. The minimum absolute atomic E-state index is 0.0290. The van der Waals surface area contributed by atoms with Gasteiger partial charge in [0.2, 0.25) is 21.8 Å². The highest BCUT2D eigenvalue weighted by Crippen LogP contribution is 2.33. The Balaban J connectivity index is 2.42. The first-order chi connectivity index (χ1) is 16.1. The molecule has 1 atom stereocenters. The summed E-state index contributed by atoms with van der Waals surface area (Å²) in [4.78, 5) is 28.0. The maximum atomic E-state index is 13.6. The lowest BCUT2D eigenvalue weighted by Gasteiger charge is -2.33. The van der Waals surface area contributed by atoms with E-state index < -0.39 is 28.5 Å². The number of benzene rings is 2. The van der Waals surface area contributed by atoms with Gasteiger partial charge in [-0.25, -0.2) is 8.42 Å². The van der Waals surface area contributed by atoms with Crippen molar-refractivity contribution in [3.63, 3.8) is 0 Å². The second kappa shape index (κ2) is 13.0. The summed E-state index contributed by atoms with van der Waals surface area (Å²) >= 11 is 12.4. The quantitative estimate of drug-likeness (QED) is 0.412. The van der Waals surface area contributed by atoms with Crippen LogP contribution >= 0.6 is 23.2 Å². The molecule has 0 saturated carbocycles. The number of anilines is 1. The van der Waals surface area contributed by atoms with Crippen molar-refractivity contribution in [3.05, 3.63) is 64.1 Å². The minimum atomic E-state index is -3.89. The fourth-order valence-electron chi connectivity index (χ4n) is 3.49. The van der Waals surface area contributed by atoms with Crippen LogP contribution in [-0.2, 0) is 26.2 Å². The highest BCUT2D eigenvalue weighted by Gasteiger charge is 2.32. The van der Waals surface area contributed by atoms with Crippen LogP contribution in [0.1, 0.15) is 38.7 Å². The number of carbonyl (C=O) groups is 2. The second-order valence-corrected chi connectivity index (χ2v) is 10.6. The summed E-state index contributed by atoms with van der Waals surface area (Å²) in [5, 5.41) is 3.08. The number of halogens is 2. The van der Waals surface area contributed by atoms with Crippen molar-refractivity contribution >= 4 is 50.7 Å². The summed E-state index contributed by atoms with van der Waals surface area (Å²) < 4.78 is 26.2. The van der Waals surface area contributed by atoms with E-state index in [1.165, 1.54) is 17.0 Å². The largest absolute Gasteiger partial charge is 0.354 e. The first-order valence-corrected chi connectivity index (χ1v) is 13.7. The van der Waals surface area contributed by atoms with Crippen molar-refractivity contribution in [2.45, 2.75) is 45.7 Å². The Morgan fingerprint density at radius 3 is 2.29 bits per heavy atom. The zero-order chi connectivity index (χ0) is 25.3. The number of rotatable bonds is 12. The normalized spacial score (nSPS) is 12.1. The van der Waals surface area contributed by atoms with Gasteiger partial charge in [-0.1, -0.05) is 79.9 Å². The third-order valence-electron chi connectivity index (χ3n) is 5.29. The van der Waals surface area contributed by atoms with Gasteiger partial charge in [0, 0.05) is 13.1 Å². The van der Waals surface area contributed by atoms with Gasteiger partial charge >= 0.3 is 0 Å². The Bertz CT molecular complexity index is 1080. The molecule has 2 amide bonds. The van der Waals surface area contributed by atoms with Gasteiger partial charge in [0.1, 0.15) is 12.6 Å². The van der Waals surface area contributed by atoms with Crippen molar-refractivity contribution in [2.24, 2.45) is 0 Å². The minimum Gasteiger partial charge on any atom is -0.354 e. The van der Waals surface area contributed by atoms with Crippen LogP contribution in [0.15, 0.2) is 48.5 Å². The van der Waals surface area contributed by atoms with E-state index >= 15 is 0 Å². The molecule has 7 nitrogen and oxygen atoms in total. The lowest BCUT2D eigenvalue weighted by molar-refractivity contribution is -0.140. The summed E-state index contributed by atoms with van der Waals surface area (Å²) in [7, 11) is -3.89. The Morgan fingerprint density at radius 2 is 1.71 bits per heavy atom. The van der Waals surface area contributed by atoms with E-state index in [0.29, 0.717) is 13.0 Å². The number of sulfonamides is 1. The highest BCUT2D eigenvalue weighted by atomic mass is 35.5.